The fourth-order valence-corrected chi connectivity index (χ4v) is 3.39. The van der Waals surface area contributed by atoms with Crippen molar-refractivity contribution in [2.75, 3.05) is 68.8 Å². The number of aromatic nitrogens is 2. The first kappa shape index (κ1) is 16.7. The van der Waals surface area contributed by atoms with Crippen molar-refractivity contribution >= 4 is 27.6 Å². The summed E-state index contributed by atoms with van der Waals surface area (Å²) in [5.41, 5.74) is 0. The molecule has 2 aliphatic heterocycles. The number of morpholine rings is 1. The van der Waals surface area contributed by atoms with Gasteiger partial charge < -0.3 is 14.5 Å². The van der Waals surface area contributed by atoms with Gasteiger partial charge in [-0.3, -0.25) is 4.90 Å². The van der Waals surface area contributed by atoms with Crippen LogP contribution in [0.1, 0.15) is 5.82 Å². The highest BCUT2D eigenvalue weighted by Crippen LogP contribution is 2.21. The average Bonchev–Trinajstić information content (AvgIpc) is 2.55. The fraction of sp³-hybridized carbons (Fsp3) is 0.625. The van der Waals surface area contributed by atoms with Gasteiger partial charge in [0.2, 0.25) is 0 Å². The van der Waals surface area contributed by atoms with Gasteiger partial charge in [-0.2, -0.15) is 0 Å². The Morgan fingerprint density at radius 1 is 1.09 bits per heavy atom. The summed E-state index contributed by atoms with van der Waals surface area (Å²) in [5.74, 6) is 2.89. The van der Waals surface area contributed by atoms with E-state index in [1.54, 1.807) is 0 Å². The summed E-state index contributed by atoms with van der Waals surface area (Å²) >= 11 is 3.45. The van der Waals surface area contributed by atoms with E-state index in [1.807, 2.05) is 6.92 Å². The minimum absolute atomic E-state index is 0.771. The summed E-state index contributed by atoms with van der Waals surface area (Å²) in [6.45, 7) is 14.2. The molecule has 0 aliphatic carbocycles. The smallest absolute Gasteiger partial charge is 0.134 e. The third kappa shape index (κ3) is 4.43. The van der Waals surface area contributed by atoms with Gasteiger partial charge in [0.15, 0.2) is 0 Å². The molecule has 0 amide bonds. The first-order valence-corrected chi connectivity index (χ1v) is 8.90. The molecule has 23 heavy (non-hydrogen) atoms. The van der Waals surface area contributed by atoms with Crippen LogP contribution in [0.3, 0.4) is 0 Å². The maximum atomic E-state index is 5.43. The number of anilines is 2. The molecule has 2 saturated heterocycles. The molecule has 3 rings (SSSR count). The Morgan fingerprint density at radius 2 is 1.65 bits per heavy atom. The minimum atomic E-state index is 0.771. The third-order valence-electron chi connectivity index (χ3n) is 4.24. The number of piperazine rings is 1. The van der Waals surface area contributed by atoms with Gasteiger partial charge in [-0.15, -0.1) is 0 Å². The summed E-state index contributed by atoms with van der Waals surface area (Å²) in [6.07, 6.45) is 0. The second-order valence-corrected chi connectivity index (χ2v) is 7.13. The zero-order valence-electron chi connectivity index (χ0n) is 13.7. The van der Waals surface area contributed by atoms with E-state index < -0.39 is 0 Å². The lowest BCUT2D eigenvalue weighted by atomic mass is 10.3. The lowest BCUT2D eigenvalue weighted by Crippen LogP contribution is -2.47. The van der Waals surface area contributed by atoms with Gasteiger partial charge in [-0.1, -0.05) is 22.5 Å². The molecule has 126 valence electrons. The van der Waals surface area contributed by atoms with Crippen molar-refractivity contribution in [2.45, 2.75) is 6.92 Å². The van der Waals surface area contributed by atoms with Gasteiger partial charge in [0.1, 0.15) is 17.5 Å². The van der Waals surface area contributed by atoms with Gasteiger partial charge in [-0.25, -0.2) is 9.97 Å². The number of hydrogen-bond acceptors (Lipinski definition) is 6. The molecule has 0 unspecified atom stereocenters. The molecule has 6 nitrogen and oxygen atoms in total. The van der Waals surface area contributed by atoms with Crippen LogP contribution in [0.5, 0.6) is 0 Å². The molecule has 0 saturated carbocycles. The number of hydrogen-bond donors (Lipinski definition) is 0. The number of aryl methyl sites for hydroxylation is 1. The zero-order valence-corrected chi connectivity index (χ0v) is 15.3. The molecule has 1 aromatic rings. The van der Waals surface area contributed by atoms with E-state index >= 15 is 0 Å². The predicted octanol–water partition coefficient (Wildman–Crippen LogP) is 1.65. The van der Waals surface area contributed by atoms with Crippen LogP contribution in [0.4, 0.5) is 11.6 Å². The number of nitrogens with zero attached hydrogens (tertiary/aromatic N) is 5. The number of ether oxygens (including phenoxy) is 1. The number of halogens is 1. The van der Waals surface area contributed by atoms with E-state index in [0.29, 0.717) is 0 Å². The Bertz CT molecular complexity index is 553. The van der Waals surface area contributed by atoms with E-state index in [2.05, 4.69) is 53.2 Å². The SMILES string of the molecule is C=C(Br)CN1CCN(c2cc(N3CCOCC3)nc(C)n2)CC1. The van der Waals surface area contributed by atoms with E-state index in [0.717, 1.165) is 81.0 Å². The van der Waals surface area contributed by atoms with Crippen molar-refractivity contribution in [1.82, 2.24) is 14.9 Å². The maximum Gasteiger partial charge on any atom is 0.134 e. The van der Waals surface area contributed by atoms with Crippen molar-refractivity contribution in [2.24, 2.45) is 0 Å². The van der Waals surface area contributed by atoms with Crippen LogP contribution in [-0.4, -0.2) is 73.9 Å². The molecule has 0 aromatic carbocycles. The van der Waals surface area contributed by atoms with Gasteiger partial charge in [0.05, 0.1) is 13.2 Å². The van der Waals surface area contributed by atoms with Crippen molar-refractivity contribution in [3.63, 3.8) is 0 Å². The summed E-state index contributed by atoms with van der Waals surface area (Å²) in [7, 11) is 0. The summed E-state index contributed by atoms with van der Waals surface area (Å²) in [5, 5.41) is 0. The van der Waals surface area contributed by atoms with E-state index in [4.69, 9.17) is 4.74 Å². The van der Waals surface area contributed by atoms with Gasteiger partial charge >= 0.3 is 0 Å². The molecule has 7 heteroatoms. The second-order valence-electron chi connectivity index (χ2n) is 6.01. The summed E-state index contributed by atoms with van der Waals surface area (Å²) in [4.78, 5) is 16.3. The van der Waals surface area contributed by atoms with Crippen LogP contribution in [0.25, 0.3) is 0 Å². The summed E-state index contributed by atoms with van der Waals surface area (Å²) < 4.78 is 6.47. The molecule has 1 aromatic heterocycles. The molecule has 0 bridgehead atoms. The van der Waals surface area contributed by atoms with Crippen molar-refractivity contribution in [1.29, 1.82) is 0 Å². The molecular weight excluding hydrogens is 358 g/mol. The van der Waals surface area contributed by atoms with Crippen LogP contribution in [0.2, 0.25) is 0 Å². The van der Waals surface area contributed by atoms with E-state index in [9.17, 15) is 0 Å². The highest BCUT2D eigenvalue weighted by Gasteiger charge is 2.20. The zero-order chi connectivity index (χ0) is 16.2. The maximum absolute atomic E-state index is 5.43. The van der Waals surface area contributed by atoms with Crippen LogP contribution in [0, 0.1) is 6.92 Å². The largest absolute Gasteiger partial charge is 0.378 e. The quantitative estimate of drug-likeness (QED) is 0.789. The molecule has 2 fully saturated rings. The number of rotatable bonds is 4. The third-order valence-corrected chi connectivity index (χ3v) is 4.49. The van der Waals surface area contributed by atoms with Crippen LogP contribution < -0.4 is 9.80 Å². The molecular formula is C16H24BrN5O. The Hall–Kier alpha value is -1.18. The molecule has 3 heterocycles. The van der Waals surface area contributed by atoms with Crippen LogP contribution >= 0.6 is 15.9 Å². The average molecular weight is 382 g/mol. The van der Waals surface area contributed by atoms with Gasteiger partial charge in [0, 0.05) is 56.4 Å². The standard InChI is InChI=1S/C16H24BrN5O/c1-13(17)12-20-3-5-21(6-4-20)15-11-16(19-14(2)18-15)22-7-9-23-10-8-22/h11H,1,3-10,12H2,2H3. The highest BCUT2D eigenvalue weighted by molar-refractivity contribution is 9.11. The topological polar surface area (TPSA) is 44.7 Å². The first-order valence-electron chi connectivity index (χ1n) is 8.11. The van der Waals surface area contributed by atoms with Crippen molar-refractivity contribution in [3.8, 4) is 0 Å². The predicted molar refractivity (Wildman–Crippen MR) is 96.5 cm³/mol. The summed E-state index contributed by atoms with van der Waals surface area (Å²) in [6, 6.07) is 2.12. The highest BCUT2D eigenvalue weighted by atomic mass is 79.9. The van der Waals surface area contributed by atoms with Crippen LogP contribution in [0.15, 0.2) is 17.1 Å². The molecule has 0 N–H and O–H groups in total. The first-order chi connectivity index (χ1) is 11.1. The lowest BCUT2D eigenvalue weighted by Gasteiger charge is -2.36. The minimum Gasteiger partial charge on any atom is -0.378 e. The Balaban J connectivity index is 1.68. The Labute approximate surface area is 146 Å². The van der Waals surface area contributed by atoms with Gasteiger partial charge in [-0.05, 0) is 6.92 Å². The monoisotopic (exact) mass is 381 g/mol. The normalized spacial score (nSPS) is 19.9. The molecule has 0 radical (unpaired) electrons. The Kier molecular flexibility index (Phi) is 5.50. The fourth-order valence-electron chi connectivity index (χ4n) is 3.03. The second kappa shape index (κ2) is 7.59. The van der Waals surface area contributed by atoms with E-state index in [1.165, 1.54) is 0 Å². The molecule has 0 atom stereocenters. The lowest BCUT2D eigenvalue weighted by molar-refractivity contribution is 0.122. The van der Waals surface area contributed by atoms with Gasteiger partial charge in [0.25, 0.3) is 0 Å². The van der Waals surface area contributed by atoms with Crippen molar-refractivity contribution in [3.05, 3.63) is 23.0 Å². The van der Waals surface area contributed by atoms with E-state index in [-0.39, 0.29) is 0 Å². The van der Waals surface area contributed by atoms with Crippen LogP contribution in [-0.2, 0) is 4.74 Å². The van der Waals surface area contributed by atoms with Crippen molar-refractivity contribution < 1.29 is 4.74 Å². The molecule has 0 spiro atoms. The Morgan fingerprint density at radius 3 is 2.22 bits per heavy atom. The molecule has 2 aliphatic rings.